The van der Waals surface area contributed by atoms with E-state index in [0.29, 0.717) is 0 Å². The summed E-state index contributed by atoms with van der Waals surface area (Å²) in [4.78, 5) is 0. The van der Waals surface area contributed by atoms with Crippen LogP contribution in [0.3, 0.4) is 0 Å². The fraction of sp³-hybridized carbons (Fsp3) is 0.333. The van der Waals surface area contributed by atoms with Crippen LogP contribution in [0.5, 0.6) is 0 Å². The second-order valence-electron chi connectivity index (χ2n) is 2.98. The molecule has 0 amide bonds. The predicted molar refractivity (Wildman–Crippen MR) is 54.2 cm³/mol. The molecule has 0 heterocycles. The van der Waals surface area contributed by atoms with Crippen LogP contribution in [-0.4, -0.2) is 17.8 Å². The molecule has 0 saturated heterocycles. The molecule has 1 atom stereocenters. The monoisotopic (exact) mass is 265 g/mol. The molecule has 2 N–H and O–H groups in total. The molecule has 1 unspecified atom stereocenters. The summed E-state index contributed by atoms with van der Waals surface area (Å²) in [6.07, 6.45) is -0.610. The van der Waals surface area contributed by atoms with Gasteiger partial charge in [-0.3, -0.25) is 0 Å². The molecule has 2 nitrogen and oxygen atoms in total. The zero-order valence-electron chi connectivity index (χ0n) is 7.52. The molecule has 78 valence electrons. The van der Waals surface area contributed by atoms with E-state index >= 15 is 0 Å². The average Bonchev–Trinajstić information content (AvgIpc) is 2.09. The molecule has 0 spiro atoms. The Hall–Kier alpha value is -0.680. The number of aliphatic hydroxyl groups excluding tert-OH is 1. The first-order valence-corrected chi connectivity index (χ1v) is 4.86. The first-order chi connectivity index (χ1) is 6.50. The number of benzene rings is 1. The number of aliphatic hydroxyl groups is 1. The minimum absolute atomic E-state index is 0.0478. The van der Waals surface area contributed by atoms with E-state index in [1.54, 1.807) is 6.92 Å². The Bertz CT molecular complexity index is 331. The lowest BCUT2D eigenvalue weighted by molar-refractivity contribution is 0.208. The standard InChI is InChI=1S/C9H10BrF2NO/c1-5(14)4-13-9-3-7(11)6(10)2-8(9)12/h2-3,5,13-14H,4H2,1H3. The highest BCUT2D eigenvalue weighted by molar-refractivity contribution is 9.10. The van der Waals surface area contributed by atoms with Gasteiger partial charge < -0.3 is 10.4 Å². The van der Waals surface area contributed by atoms with Crippen LogP contribution < -0.4 is 5.32 Å². The molecule has 0 aliphatic carbocycles. The second-order valence-corrected chi connectivity index (χ2v) is 3.83. The highest BCUT2D eigenvalue weighted by Crippen LogP contribution is 2.23. The molecule has 1 aromatic rings. The number of anilines is 1. The summed E-state index contributed by atoms with van der Waals surface area (Å²) in [5, 5.41) is 11.5. The van der Waals surface area contributed by atoms with Gasteiger partial charge in [0.1, 0.15) is 11.6 Å². The maximum atomic E-state index is 13.1. The van der Waals surface area contributed by atoms with E-state index in [4.69, 9.17) is 5.11 Å². The van der Waals surface area contributed by atoms with Gasteiger partial charge in [0.15, 0.2) is 0 Å². The minimum Gasteiger partial charge on any atom is -0.392 e. The average molecular weight is 266 g/mol. The van der Waals surface area contributed by atoms with Gasteiger partial charge >= 0.3 is 0 Å². The summed E-state index contributed by atoms with van der Waals surface area (Å²) in [6, 6.07) is 2.08. The first kappa shape index (κ1) is 11.4. The Balaban J connectivity index is 2.82. The Labute approximate surface area is 89.1 Å². The van der Waals surface area contributed by atoms with Crippen LogP contribution in [0.2, 0.25) is 0 Å². The van der Waals surface area contributed by atoms with Crippen molar-refractivity contribution in [1.29, 1.82) is 0 Å². The zero-order chi connectivity index (χ0) is 10.7. The third-order valence-electron chi connectivity index (χ3n) is 1.60. The highest BCUT2D eigenvalue weighted by atomic mass is 79.9. The van der Waals surface area contributed by atoms with Gasteiger partial charge in [0, 0.05) is 12.6 Å². The SMILES string of the molecule is CC(O)CNc1cc(F)c(Br)cc1F. The number of nitrogens with one attached hydrogen (secondary N) is 1. The molecule has 0 aliphatic rings. The molecule has 1 rings (SSSR count). The van der Waals surface area contributed by atoms with Gasteiger partial charge in [-0.15, -0.1) is 0 Å². The van der Waals surface area contributed by atoms with Crippen molar-refractivity contribution in [2.75, 3.05) is 11.9 Å². The Morgan fingerprint density at radius 3 is 2.64 bits per heavy atom. The normalized spacial score (nSPS) is 12.6. The molecular weight excluding hydrogens is 256 g/mol. The van der Waals surface area contributed by atoms with Crippen molar-refractivity contribution in [3.63, 3.8) is 0 Å². The van der Waals surface area contributed by atoms with Crippen LogP contribution in [0.25, 0.3) is 0 Å². The Morgan fingerprint density at radius 2 is 2.07 bits per heavy atom. The van der Waals surface area contributed by atoms with E-state index in [1.807, 2.05) is 0 Å². The van der Waals surface area contributed by atoms with Gasteiger partial charge in [-0.1, -0.05) is 0 Å². The van der Waals surface area contributed by atoms with Crippen LogP contribution in [0.4, 0.5) is 14.5 Å². The van der Waals surface area contributed by atoms with Crippen molar-refractivity contribution < 1.29 is 13.9 Å². The van der Waals surface area contributed by atoms with Crippen molar-refractivity contribution >= 4 is 21.6 Å². The molecule has 1 aromatic carbocycles. The van der Waals surface area contributed by atoms with Crippen LogP contribution >= 0.6 is 15.9 Å². The number of hydrogen-bond donors (Lipinski definition) is 2. The van der Waals surface area contributed by atoms with Gasteiger partial charge in [0.25, 0.3) is 0 Å². The molecular formula is C9H10BrF2NO. The molecule has 0 aliphatic heterocycles. The number of hydrogen-bond acceptors (Lipinski definition) is 2. The summed E-state index contributed by atoms with van der Waals surface area (Å²) < 4.78 is 26.2. The highest BCUT2D eigenvalue weighted by Gasteiger charge is 2.08. The van der Waals surface area contributed by atoms with Crippen LogP contribution in [-0.2, 0) is 0 Å². The van der Waals surface area contributed by atoms with Crippen LogP contribution in [0, 0.1) is 11.6 Å². The predicted octanol–water partition coefficient (Wildman–Crippen LogP) is 2.52. The van der Waals surface area contributed by atoms with Gasteiger partial charge in [-0.2, -0.15) is 0 Å². The van der Waals surface area contributed by atoms with E-state index in [-0.39, 0.29) is 16.7 Å². The van der Waals surface area contributed by atoms with Crippen molar-refractivity contribution in [2.45, 2.75) is 13.0 Å². The van der Waals surface area contributed by atoms with E-state index in [1.165, 1.54) is 0 Å². The Kier molecular flexibility index (Phi) is 3.83. The fourth-order valence-corrected chi connectivity index (χ4v) is 1.23. The minimum atomic E-state index is -0.610. The molecule has 0 bridgehead atoms. The third-order valence-corrected chi connectivity index (χ3v) is 2.21. The lowest BCUT2D eigenvalue weighted by Crippen LogP contribution is -2.16. The van der Waals surface area contributed by atoms with Gasteiger partial charge in [-0.05, 0) is 28.9 Å². The van der Waals surface area contributed by atoms with Crippen molar-refractivity contribution in [3.8, 4) is 0 Å². The fourth-order valence-electron chi connectivity index (χ4n) is 0.916. The molecule has 0 aromatic heterocycles. The lowest BCUT2D eigenvalue weighted by atomic mass is 10.3. The molecule has 0 radical (unpaired) electrons. The molecule has 14 heavy (non-hydrogen) atoms. The second kappa shape index (κ2) is 4.70. The smallest absolute Gasteiger partial charge is 0.147 e. The maximum absolute atomic E-state index is 13.1. The Morgan fingerprint density at radius 1 is 1.43 bits per heavy atom. The maximum Gasteiger partial charge on any atom is 0.147 e. The van der Waals surface area contributed by atoms with Crippen molar-refractivity contribution in [2.24, 2.45) is 0 Å². The van der Waals surface area contributed by atoms with Gasteiger partial charge in [-0.25, -0.2) is 8.78 Å². The topological polar surface area (TPSA) is 32.3 Å². The summed E-state index contributed by atoms with van der Waals surface area (Å²) in [5.74, 6) is -1.10. The summed E-state index contributed by atoms with van der Waals surface area (Å²) in [5.41, 5.74) is 0.0478. The van der Waals surface area contributed by atoms with Crippen LogP contribution in [0.15, 0.2) is 16.6 Å². The van der Waals surface area contributed by atoms with E-state index in [0.717, 1.165) is 12.1 Å². The van der Waals surface area contributed by atoms with E-state index < -0.39 is 17.7 Å². The van der Waals surface area contributed by atoms with Crippen molar-refractivity contribution in [3.05, 3.63) is 28.2 Å². The van der Waals surface area contributed by atoms with Gasteiger partial charge in [0.2, 0.25) is 0 Å². The number of halogens is 3. The van der Waals surface area contributed by atoms with Crippen molar-refractivity contribution in [1.82, 2.24) is 0 Å². The van der Waals surface area contributed by atoms with Crippen LogP contribution in [0.1, 0.15) is 6.92 Å². The summed E-state index contributed by atoms with van der Waals surface area (Å²) >= 11 is 2.87. The van der Waals surface area contributed by atoms with Gasteiger partial charge in [0.05, 0.1) is 16.3 Å². The molecule has 0 fully saturated rings. The largest absolute Gasteiger partial charge is 0.392 e. The third kappa shape index (κ3) is 2.92. The lowest BCUT2D eigenvalue weighted by Gasteiger charge is -2.09. The number of rotatable bonds is 3. The summed E-state index contributed by atoms with van der Waals surface area (Å²) in [6.45, 7) is 1.73. The molecule has 5 heteroatoms. The molecule has 0 saturated carbocycles. The first-order valence-electron chi connectivity index (χ1n) is 4.07. The van der Waals surface area contributed by atoms with E-state index in [2.05, 4.69) is 21.2 Å². The quantitative estimate of drug-likeness (QED) is 0.824. The zero-order valence-corrected chi connectivity index (χ0v) is 9.11. The summed E-state index contributed by atoms with van der Waals surface area (Å²) in [7, 11) is 0. The van der Waals surface area contributed by atoms with E-state index in [9.17, 15) is 8.78 Å².